The minimum atomic E-state index is -0.751. The highest BCUT2D eigenvalue weighted by molar-refractivity contribution is 6.00. The summed E-state index contributed by atoms with van der Waals surface area (Å²) in [6, 6.07) is 3.67. The highest BCUT2D eigenvalue weighted by atomic mass is 16.5. The van der Waals surface area contributed by atoms with Gasteiger partial charge >= 0.3 is 5.97 Å². The summed E-state index contributed by atoms with van der Waals surface area (Å²) in [6.07, 6.45) is 2.27. The molecule has 0 spiro atoms. The van der Waals surface area contributed by atoms with Gasteiger partial charge < -0.3 is 14.0 Å². The molecule has 0 amide bonds. The van der Waals surface area contributed by atoms with E-state index in [0.717, 1.165) is 48.8 Å². The molecule has 3 aromatic heterocycles. The van der Waals surface area contributed by atoms with Crippen molar-refractivity contribution in [3.8, 4) is 0 Å². The Morgan fingerprint density at radius 2 is 1.97 bits per heavy atom. The van der Waals surface area contributed by atoms with Gasteiger partial charge in [-0.15, -0.1) is 5.10 Å². The number of ketones is 1. The zero-order valence-electron chi connectivity index (χ0n) is 17.6. The van der Waals surface area contributed by atoms with Gasteiger partial charge in [0.1, 0.15) is 0 Å². The third-order valence-electron chi connectivity index (χ3n) is 5.42. The SMILES string of the molecule is Cc1cc(C)n2nc(C(=O)OCC(=O)c3cc(C)n(C[C@H]4CCCO4)c3C)nc2n1. The van der Waals surface area contributed by atoms with Crippen LogP contribution < -0.4 is 0 Å². The van der Waals surface area contributed by atoms with Crippen molar-refractivity contribution in [2.75, 3.05) is 13.2 Å². The third kappa shape index (κ3) is 3.85. The number of ether oxygens (including phenoxy) is 2. The topological polar surface area (TPSA) is 101 Å². The summed E-state index contributed by atoms with van der Waals surface area (Å²) in [5.74, 6) is -0.806. The summed E-state index contributed by atoms with van der Waals surface area (Å²) in [7, 11) is 0. The van der Waals surface area contributed by atoms with E-state index >= 15 is 0 Å². The van der Waals surface area contributed by atoms with Crippen molar-refractivity contribution >= 4 is 17.5 Å². The Morgan fingerprint density at radius 3 is 2.70 bits per heavy atom. The van der Waals surface area contributed by atoms with Crippen LogP contribution in [0.15, 0.2) is 12.1 Å². The quantitative estimate of drug-likeness (QED) is 0.453. The summed E-state index contributed by atoms with van der Waals surface area (Å²) >= 11 is 0. The number of carbonyl (C=O) groups excluding carboxylic acids is 2. The Balaban J connectivity index is 1.44. The monoisotopic (exact) mass is 411 g/mol. The summed E-state index contributed by atoms with van der Waals surface area (Å²) in [5.41, 5.74) is 3.97. The van der Waals surface area contributed by atoms with E-state index < -0.39 is 5.97 Å². The average molecular weight is 411 g/mol. The van der Waals surface area contributed by atoms with E-state index in [4.69, 9.17) is 9.47 Å². The van der Waals surface area contributed by atoms with Crippen molar-refractivity contribution < 1.29 is 19.1 Å². The zero-order valence-corrected chi connectivity index (χ0v) is 17.6. The lowest BCUT2D eigenvalue weighted by atomic mass is 10.1. The number of fused-ring (bicyclic) bond motifs is 1. The van der Waals surface area contributed by atoms with Crippen LogP contribution in [-0.4, -0.2) is 55.2 Å². The van der Waals surface area contributed by atoms with Crippen molar-refractivity contribution in [1.29, 1.82) is 0 Å². The fourth-order valence-electron chi connectivity index (χ4n) is 3.88. The Labute approximate surface area is 174 Å². The number of Topliss-reactive ketones (excluding diaryl/α,β-unsaturated/α-hetero) is 1. The van der Waals surface area contributed by atoms with Crippen molar-refractivity contribution in [1.82, 2.24) is 24.1 Å². The number of nitrogens with zero attached hydrogens (tertiary/aromatic N) is 5. The van der Waals surface area contributed by atoms with Crippen molar-refractivity contribution in [2.45, 2.75) is 53.2 Å². The molecule has 1 aliphatic rings. The number of hydrogen-bond donors (Lipinski definition) is 0. The van der Waals surface area contributed by atoms with E-state index in [2.05, 4.69) is 19.6 Å². The molecule has 4 rings (SSSR count). The molecule has 30 heavy (non-hydrogen) atoms. The smallest absolute Gasteiger partial charge is 0.378 e. The number of aromatic nitrogens is 5. The minimum absolute atomic E-state index is 0.118. The third-order valence-corrected chi connectivity index (χ3v) is 5.42. The molecule has 1 fully saturated rings. The molecule has 0 N–H and O–H groups in total. The summed E-state index contributed by atoms with van der Waals surface area (Å²) < 4.78 is 14.5. The highest BCUT2D eigenvalue weighted by Gasteiger charge is 2.23. The van der Waals surface area contributed by atoms with Gasteiger partial charge in [0.15, 0.2) is 6.61 Å². The van der Waals surface area contributed by atoms with E-state index in [0.29, 0.717) is 11.3 Å². The molecule has 0 aliphatic carbocycles. The molecule has 4 heterocycles. The second-order valence-corrected chi connectivity index (χ2v) is 7.72. The maximum atomic E-state index is 12.7. The predicted molar refractivity (Wildman–Crippen MR) is 108 cm³/mol. The van der Waals surface area contributed by atoms with Gasteiger partial charge in [-0.3, -0.25) is 4.79 Å². The van der Waals surface area contributed by atoms with Crippen LogP contribution in [0.1, 0.15) is 56.6 Å². The van der Waals surface area contributed by atoms with E-state index in [-0.39, 0.29) is 24.3 Å². The number of aryl methyl sites for hydroxylation is 3. The Hall–Kier alpha value is -3.07. The van der Waals surface area contributed by atoms with Gasteiger partial charge in [-0.1, -0.05) is 0 Å². The average Bonchev–Trinajstić information content (AvgIpc) is 3.42. The maximum absolute atomic E-state index is 12.7. The van der Waals surface area contributed by atoms with Crippen LogP contribution >= 0.6 is 0 Å². The molecule has 0 radical (unpaired) electrons. The summed E-state index contributed by atoms with van der Waals surface area (Å²) in [4.78, 5) is 33.4. The lowest BCUT2D eigenvalue weighted by molar-refractivity contribution is 0.0462. The van der Waals surface area contributed by atoms with Gasteiger partial charge in [0, 0.05) is 41.5 Å². The van der Waals surface area contributed by atoms with Crippen LogP contribution in [0.25, 0.3) is 5.78 Å². The van der Waals surface area contributed by atoms with Gasteiger partial charge in [-0.25, -0.2) is 14.3 Å². The van der Waals surface area contributed by atoms with Crippen LogP contribution in [-0.2, 0) is 16.0 Å². The number of carbonyl (C=O) groups is 2. The number of esters is 1. The van der Waals surface area contributed by atoms with Crippen molar-refractivity contribution in [2.24, 2.45) is 0 Å². The fourth-order valence-corrected chi connectivity index (χ4v) is 3.88. The van der Waals surface area contributed by atoms with Crippen molar-refractivity contribution in [3.63, 3.8) is 0 Å². The van der Waals surface area contributed by atoms with Crippen LogP contribution in [0.2, 0.25) is 0 Å². The highest BCUT2D eigenvalue weighted by Crippen LogP contribution is 2.21. The second kappa shape index (κ2) is 7.98. The predicted octanol–water partition coefficient (Wildman–Crippen LogP) is 2.38. The Bertz CT molecular complexity index is 1120. The molecule has 158 valence electrons. The normalized spacial score (nSPS) is 16.3. The summed E-state index contributed by atoms with van der Waals surface area (Å²) in [5, 5.41) is 4.14. The molecule has 1 aliphatic heterocycles. The Morgan fingerprint density at radius 1 is 1.17 bits per heavy atom. The fraction of sp³-hybridized carbons (Fsp3) is 0.476. The molecule has 3 aromatic rings. The molecular weight excluding hydrogens is 386 g/mol. The van der Waals surface area contributed by atoms with Crippen molar-refractivity contribution in [3.05, 3.63) is 46.3 Å². The molecule has 0 unspecified atom stereocenters. The molecule has 9 heteroatoms. The van der Waals surface area contributed by atoms with Crippen LogP contribution in [0, 0.1) is 27.7 Å². The van der Waals surface area contributed by atoms with Gasteiger partial charge in [0.05, 0.1) is 6.10 Å². The lowest BCUT2D eigenvalue weighted by Gasteiger charge is -2.14. The summed E-state index contributed by atoms with van der Waals surface area (Å²) in [6.45, 7) is 8.69. The van der Waals surface area contributed by atoms with E-state index in [1.807, 2.05) is 39.8 Å². The van der Waals surface area contributed by atoms with E-state index in [9.17, 15) is 9.59 Å². The molecule has 1 saturated heterocycles. The first-order valence-corrected chi connectivity index (χ1v) is 10.0. The number of rotatable bonds is 6. The molecule has 0 bridgehead atoms. The zero-order chi connectivity index (χ0) is 21.4. The minimum Gasteiger partial charge on any atom is -0.451 e. The van der Waals surface area contributed by atoms with Gasteiger partial charge in [-0.05, 0) is 52.7 Å². The number of hydrogen-bond acceptors (Lipinski definition) is 7. The first-order chi connectivity index (χ1) is 14.3. The first kappa shape index (κ1) is 20.2. The largest absolute Gasteiger partial charge is 0.451 e. The van der Waals surface area contributed by atoms with Crippen LogP contribution in [0.5, 0.6) is 0 Å². The maximum Gasteiger partial charge on any atom is 0.378 e. The standard InChI is InChI=1S/C21H25N5O4/c1-12-8-14(3)26-21(22-12)23-19(24-26)20(28)30-11-18(27)17-9-13(2)25(15(17)4)10-16-6-5-7-29-16/h8-9,16H,5-7,10-11H2,1-4H3/t16-/m1/s1. The van der Waals surface area contributed by atoms with E-state index in [1.54, 1.807) is 0 Å². The van der Waals surface area contributed by atoms with Crippen LogP contribution in [0.3, 0.4) is 0 Å². The molecule has 1 atom stereocenters. The Kier molecular flexibility index (Phi) is 5.38. The van der Waals surface area contributed by atoms with Gasteiger partial charge in [0.2, 0.25) is 5.78 Å². The lowest BCUT2D eigenvalue weighted by Crippen LogP contribution is -2.18. The van der Waals surface area contributed by atoms with Crippen LogP contribution in [0.4, 0.5) is 0 Å². The second-order valence-electron chi connectivity index (χ2n) is 7.72. The molecular formula is C21H25N5O4. The first-order valence-electron chi connectivity index (χ1n) is 10.0. The van der Waals surface area contributed by atoms with E-state index in [1.165, 1.54) is 4.52 Å². The molecule has 0 saturated carbocycles. The van der Waals surface area contributed by atoms with Gasteiger partial charge in [-0.2, -0.15) is 4.98 Å². The molecule has 9 nitrogen and oxygen atoms in total. The van der Waals surface area contributed by atoms with Gasteiger partial charge in [0.25, 0.3) is 11.6 Å². The molecule has 0 aromatic carbocycles.